The number of hydrogen-bond acceptors (Lipinski definition) is 4. The monoisotopic (exact) mass is 363 g/mol. The van der Waals surface area contributed by atoms with Gasteiger partial charge in [-0.15, -0.1) is 0 Å². The zero-order chi connectivity index (χ0) is 18.8. The second-order valence-corrected chi connectivity index (χ2v) is 7.40. The number of rotatable bonds is 10. The zero-order valence-corrected chi connectivity index (χ0v) is 16.2. The molecule has 6 heteroatoms. The Hall–Kier alpha value is -1.85. The molecular weight excluding hydrogens is 330 g/mol. The standard InChI is InChI=1S/C20H33N3O3/c1-3-5-11-17(4-2)20(25)23(14-16-9-7-6-8-10-16)15-19(24)21-18-12-13-26-22-18/h12-13,16-17H,3-11,14-15H2,1-2H3,(H,21,22,24). The summed E-state index contributed by atoms with van der Waals surface area (Å²) in [4.78, 5) is 27.3. The van der Waals surface area contributed by atoms with Gasteiger partial charge in [-0.3, -0.25) is 9.59 Å². The van der Waals surface area contributed by atoms with Crippen molar-refractivity contribution in [2.75, 3.05) is 18.4 Å². The Morgan fingerprint density at radius 1 is 1.31 bits per heavy atom. The van der Waals surface area contributed by atoms with Gasteiger partial charge >= 0.3 is 0 Å². The Bertz CT molecular complexity index is 539. The molecule has 1 unspecified atom stereocenters. The molecule has 1 atom stereocenters. The van der Waals surface area contributed by atoms with E-state index in [4.69, 9.17) is 4.52 Å². The predicted octanol–water partition coefficient (Wildman–Crippen LogP) is 4.24. The predicted molar refractivity (Wildman–Crippen MR) is 102 cm³/mol. The molecule has 2 rings (SSSR count). The summed E-state index contributed by atoms with van der Waals surface area (Å²) in [7, 11) is 0. The van der Waals surface area contributed by atoms with Gasteiger partial charge in [-0.05, 0) is 31.6 Å². The van der Waals surface area contributed by atoms with Crippen molar-refractivity contribution in [3.8, 4) is 0 Å². The first-order valence-electron chi connectivity index (χ1n) is 10.1. The minimum atomic E-state index is -0.214. The zero-order valence-electron chi connectivity index (χ0n) is 16.2. The summed E-state index contributed by atoms with van der Waals surface area (Å²) in [6.45, 7) is 4.98. The third kappa shape index (κ3) is 6.46. The Morgan fingerprint density at radius 3 is 2.69 bits per heavy atom. The van der Waals surface area contributed by atoms with Crippen molar-refractivity contribution >= 4 is 17.6 Å². The molecule has 1 fully saturated rings. The normalized spacial score (nSPS) is 16.2. The number of hydrogen-bond donors (Lipinski definition) is 1. The molecule has 0 bridgehead atoms. The molecule has 0 radical (unpaired) electrons. The average Bonchev–Trinajstić information content (AvgIpc) is 3.15. The molecule has 1 aliphatic rings. The van der Waals surface area contributed by atoms with Crippen LogP contribution in [0.4, 0.5) is 5.82 Å². The minimum Gasteiger partial charge on any atom is -0.363 e. The van der Waals surface area contributed by atoms with E-state index in [1.54, 1.807) is 11.0 Å². The lowest BCUT2D eigenvalue weighted by Crippen LogP contribution is -2.44. The first kappa shape index (κ1) is 20.5. The van der Waals surface area contributed by atoms with Crippen molar-refractivity contribution in [2.24, 2.45) is 11.8 Å². The SMILES string of the molecule is CCCCC(CC)C(=O)N(CC(=O)Nc1ccon1)CC1CCCCC1. The number of nitrogens with zero attached hydrogens (tertiary/aromatic N) is 2. The third-order valence-corrected chi connectivity index (χ3v) is 5.30. The van der Waals surface area contributed by atoms with E-state index in [9.17, 15) is 9.59 Å². The lowest BCUT2D eigenvalue weighted by Gasteiger charge is -2.31. The molecular formula is C20H33N3O3. The molecule has 0 saturated heterocycles. The molecule has 146 valence electrons. The van der Waals surface area contributed by atoms with Gasteiger partial charge in [0, 0.05) is 18.5 Å². The summed E-state index contributed by atoms with van der Waals surface area (Å²) in [5, 5.41) is 6.41. The van der Waals surface area contributed by atoms with Crippen LogP contribution in [-0.2, 0) is 9.59 Å². The highest BCUT2D eigenvalue weighted by atomic mass is 16.5. The number of amides is 2. The van der Waals surface area contributed by atoms with Gasteiger partial charge in [-0.2, -0.15) is 0 Å². The molecule has 1 N–H and O–H groups in total. The van der Waals surface area contributed by atoms with E-state index in [0.717, 1.165) is 38.5 Å². The van der Waals surface area contributed by atoms with E-state index < -0.39 is 0 Å². The Morgan fingerprint density at radius 2 is 2.08 bits per heavy atom. The maximum Gasteiger partial charge on any atom is 0.245 e. The highest BCUT2D eigenvalue weighted by Crippen LogP contribution is 2.26. The van der Waals surface area contributed by atoms with Gasteiger partial charge in [0.25, 0.3) is 0 Å². The van der Waals surface area contributed by atoms with Crippen molar-refractivity contribution in [2.45, 2.75) is 71.6 Å². The van der Waals surface area contributed by atoms with Crippen LogP contribution in [0, 0.1) is 11.8 Å². The van der Waals surface area contributed by atoms with E-state index in [1.807, 2.05) is 0 Å². The minimum absolute atomic E-state index is 0.0124. The summed E-state index contributed by atoms with van der Waals surface area (Å²) in [5.41, 5.74) is 0. The van der Waals surface area contributed by atoms with Crippen LogP contribution >= 0.6 is 0 Å². The van der Waals surface area contributed by atoms with Crippen LogP contribution in [0.1, 0.15) is 71.6 Å². The number of aromatic nitrogens is 1. The van der Waals surface area contributed by atoms with E-state index in [-0.39, 0.29) is 24.3 Å². The largest absolute Gasteiger partial charge is 0.363 e. The first-order chi connectivity index (χ1) is 12.6. The molecule has 6 nitrogen and oxygen atoms in total. The van der Waals surface area contributed by atoms with E-state index in [0.29, 0.717) is 18.3 Å². The summed E-state index contributed by atoms with van der Waals surface area (Å²) in [6.07, 6.45) is 11.3. The van der Waals surface area contributed by atoms with Crippen LogP contribution < -0.4 is 5.32 Å². The van der Waals surface area contributed by atoms with E-state index >= 15 is 0 Å². The topological polar surface area (TPSA) is 75.4 Å². The van der Waals surface area contributed by atoms with Gasteiger partial charge < -0.3 is 14.7 Å². The van der Waals surface area contributed by atoms with Crippen molar-refractivity contribution in [3.63, 3.8) is 0 Å². The molecule has 26 heavy (non-hydrogen) atoms. The second-order valence-electron chi connectivity index (χ2n) is 7.40. The highest BCUT2D eigenvalue weighted by molar-refractivity contribution is 5.94. The lowest BCUT2D eigenvalue weighted by molar-refractivity contribution is -0.139. The fraction of sp³-hybridized carbons (Fsp3) is 0.750. The second kappa shape index (κ2) is 11.0. The van der Waals surface area contributed by atoms with Crippen molar-refractivity contribution in [1.82, 2.24) is 10.1 Å². The van der Waals surface area contributed by atoms with E-state index in [1.165, 1.54) is 25.5 Å². The van der Waals surface area contributed by atoms with Crippen molar-refractivity contribution in [1.29, 1.82) is 0 Å². The third-order valence-electron chi connectivity index (χ3n) is 5.30. The number of anilines is 1. The molecule has 1 saturated carbocycles. The number of nitrogens with one attached hydrogen (secondary N) is 1. The lowest BCUT2D eigenvalue weighted by atomic mass is 9.88. The molecule has 1 aliphatic carbocycles. The summed E-state index contributed by atoms with van der Waals surface area (Å²) in [6, 6.07) is 1.60. The highest BCUT2D eigenvalue weighted by Gasteiger charge is 2.27. The molecule has 1 heterocycles. The number of unbranched alkanes of at least 4 members (excludes halogenated alkanes) is 1. The fourth-order valence-electron chi connectivity index (χ4n) is 3.76. The fourth-order valence-corrected chi connectivity index (χ4v) is 3.76. The summed E-state index contributed by atoms with van der Waals surface area (Å²) >= 11 is 0. The molecule has 0 spiro atoms. The summed E-state index contributed by atoms with van der Waals surface area (Å²) in [5.74, 6) is 0.822. The molecule has 0 aliphatic heterocycles. The van der Waals surface area contributed by atoms with Gasteiger partial charge in [0.2, 0.25) is 11.8 Å². The van der Waals surface area contributed by atoms with Crippen LogP contribution in [0.2, 0.25) is 0 Å². The van der Waals surface area contributed by atoms with Crippen LogP contribution in [-0.4, -0.2) is 35.0 Å². The Balaban J connectivity index is 2.01. The molecule has 0 aromatic carbocycles. The Labute approximate surface area is 156 Å². The molecule has 2 amide bonds. The number of carbonyl (C=O) groups excluding carboxylic acids is 2. The van der Waals surface area contributed by atoms with Crippen LogP contribution in [0.3, 0.4) is 0 Å². The maximum absolute atomic E-state index is 13.1. The van der Waals surface area contributed by atoms with Gasteiger partial charge in [0.05, 0.1) is 6.54 Å². The maximum atomic E-state index is 13.1. The first-order valence-corrected chi connectivity index (χ1v) is 10.1. The van der Waals surface area contributed by atoms with Gasteiger partial charge in [0.1, 0.15) is 6.26 Å². The smallest absolute Gasteiger partial charge is 0.245 e. The summed E-state index contributed by atoms with van der Waals surface area (Å²) < 4.78 is 4.74. The van der Waals surface area contributed by atoms with Gasteiger partial charge in [-0.25, -0.2) is 0 Å². The quantitative estimate of drug-likeness (QED) is 0.675. The van der Waals surface area contributed by atoms with Crippen LogP contribution in [0.5, 0.6) is 0 Å². The van der Waals surface area contributed by atoms with E-state index in [2.05, 4.69) is 24.3 Å². The van der Waals surface area contributed by atoms with Crippen LogP contribution in [0.15, 0.2) is 16.9 Å². The van der Waals surface area contributed by atoms with Gasteiger partial charge in [0.15, 0.2) is 5.82 Å². The van der Waals surface area contributed by atoms with Gasteiger partial charge in [-0.1, -0.05) is 51.1 Å². The van der Waals surface area contributed by atoms with Crippen LogP contribution in [0.25, 0.3) is 0 Å². The number of carbonyl (C=O) groups is 2. The molecule has 1 aromatic rings. The Kier molecular flexibility index (Phi) is 8.65. The molecule has 1 aromatic heterocycles. The van der Waals surface area contributed by atoms with Crippen molar-refractivity contribution in [3.05, 3.63) is 12.3 Å². The average molecular weight is 364 g/mol. The van der Waals surface area contributed by atoms with Crippen molar-refractivity contribution < 1.29 is 14.1 Å².